The molecule has 0 aliphatic carbocycles. The Morgan fingerprint density at radius 1 is 1.10 bits per heavy atom. The summed E-state index contributed by atoms with van der Waals surface area (Å²) in [4.78, 5) is 12.6. The van der Waals surface area contributed by atoms with Crippen LogP contribution in [0.5, 0.6) is 17.8 Å². The molecule has 1 heterocycles. The second kappa shape index (κ2) is 7.78. The van der Waals surface area contributed by atoms with Crippen LogP contribution in [0.25, 0.3) is 0 Å². The molecule has 0 fully saturated rings. The van der Waals surface area contributed by atoms with Gasteiger partial charge in [-0.2, -0.15) is 9.97 Å². The normalized spacial score (nSPS) is 10.2. The molecule has 0 bridgehead atoms. The van der Waals surface area contributed by atoms with Gasteiger partial charge in [-0.3, -0.25) is 0 Å². The largest absolute Gasteiger partial charge is 0.463 e. The molecule has 0 saturated heterocycles. The van der Waals surface area contributed by atoms with E-state index in [2.05, 4.69) is 36.2 Å². The first kappa shape index (κ1) is 15.5. The molecule has 0 spiro atoms. The summed E-state index contributed by atoms with van der Waals surface area (Å²) in [6.07, 6.45) is 0.878. The molecular formula is C14H17BrN4O2. The molecule has 21 heavy (non-hydrogen) atoms. The van der Waals surface area contributed by atoms with E-state index in [1.807, 2.05) is 38.1 Å². The van der Waals surface area contributed by atoms with Gasteiger partial charge in [0.2, 0.25) is 5.95 Å². The SMILES string of the molecule is CCCOc1nc(NCC)nc(Oc2ccccc2Br)n1. The monoisotopic (exact) mass is 352 g/mol. The van der Waals surface area contributed by atoms with Crippen molar-refractivity contribution in [3.05, 3.63) is 28.7 Å². The van der Waals surface area contributed by atoms with Crippen LogP contribution in [0.4, 0.5) is 5.95 Å². The van der Waals surface area contributed by atoms with Crippen molar-refractivity contribution in [1.29, 1.82) is 0 Å². The predicted octanol–water partition coefficient (Wildman–Crippen LogP) is 3.65. The van der Waals surface area contributed by atoms with Crippen LogP contribution in [0, 0.1) is 0 Å². The van der Waals surface area contributed by atoms with E-state index in [0.29, 0.717) is 24.8 Å². The first-order valence-corrected chi connectivity index (χ1v) is 7.57. The van der Waals surface area contributed by atoms with Gasteiger partial charge in [0.1, 0.15) is 5.75 Å². The maximum absolute atomic E-state index is 5.69. The fraction of sp³-hybridized carbons (Fsp3) is 0.357. The van der Waals surface area contributed by atoms with Crippen LogP contribution in [0.15, 0.2) is 28.7 Å². The van der Waals surface area contributed by atoms with Crippen molar-refractivity contribution in [2.45, 2.75) is 20.3 Å². The first-order valence-electron chi connectivity index (χ1n) is 6.78. The number of hydrogen-bond donors (Lipinski definition) is 1. The highest BCUT2D eigenvalue weighted by atomic mass is 79.9. The van der Waals surface area contributed by atoms with E-state index in [1.165, 1.54) is 0 Å². The van der Waals surface area contributed by atoms with E-state index in [1.54, 1.807) is 0 Å². The molecule has 1 aromatic heterocycles. The number of anilines is 1. The molecule has 0 aliphatic heterocycles. The number of benzene rings is 1. The van der Waals surface area contributed by atoms with E-state index in [0.717, 1.165) is 10.9 Å². The zero-order chi connectivity index (χ0) is 15.1. The Bertz CT molecular complexity index is 595. The Labute approximate surface area is 132 Å². The van der Waals surface area contributed by atoms with Gasteiger partial charge in [-0.1, -0.05) is 19.1 Å². The van der Waals surface area contributed by atoms with Gasteiger partial charge in [0.25, 0.3) is 0 Å². The lowest BCUT2D eigenvalue weighted by Gasteiger charge is -2.09. The molecule has 1 aromatic carbocycles. The number of rotatable bonds is 7. The molecule has 0 unspecified atom stereocenters. The summed E-state index contributed by atoms with van der Waals surface area (Å²) in [7, 11) is 0. The smallest absolute Gasteiger partial charge is 0.330 e. The van der Waals surface area contributed by atoms with Gasteiger partial charge in [-0.05, 0) is 41.4 Å². The molecule has 6 nitrogen and oxygen atoms in total. The predicted molar refractivity (Wildman–Crippen MR) is 84.0 cm³/mol. The molecule has 2 aromatic rings. The van der Waals surface area contributed by atoms with Crippen LogP contribution < -0.4 is 14.8 Å². The molecule has 112 valence electrons. The van der Waals surface area contributed by atoms with Crippen LogP contribution in [-0.2, 0) is 0 Å². The third-order valence-electron chi connectivity index (χ3n) is 2.40. The van der Waals surface area contributed by atoms with E-state index in [9.17, 15) is 0 Å². The van der Waals surface area contributed by atoms with E-state index >= 15 is 0 Å². The molecule has 7 heteroatoms. The third-order valence-corrected chi connectivity index (χ3v) is 3.06. The summed E-state index contributed by atoms with van der Waals surface area (Å²) < 4.78 is 12.0. The van der Waals surface area contributed by atoms with Gasteiger partial charge < -0.3 is 14.8 Å². The van der Waals surface area contributed by atoms with Crippen molar-refractivity contribution >= 4 is 21.9 Å². The minimum absolute atomic E-state index is 0.193. The summed E-state index contributed by atoms with van der Waals surface area (Å²) >= 11 is 3.42. The minimum atomic E-state index is 0.193. The van der Waals surface area contributed by atoms with Crippen molar-refractivity contribution in [3.8, 4) is 17.8 Å². The van der Waals surface area contributed by atoms with Crippen molar-refractivity contribution in [1.82, 2.24) is 15.0 Å². The third kappa shape index (κ3) is 4.56. The lowest BCUT2D eigenvalue weighted by Crippen LogP contribution is -2.08. The number of hydrogen-bond acceptors (Lipinski definition) is 6. The maximum Gasteiger partial charge on any atom is 0.330 e. The number of para-hydroxylation sites is 1. The second-order valence-electron chi connectivity index (χ2n) is 4.14. The highest BCUT2D eigenvalue weighted by molar-refractivity contribution is 9.10. The van der Waals surface area contributed by atoms with Crippen LogP contribution in [0.1, 0.15) is 20.3 Å². The molecule has 0 amide bonds. The number of halogens is 1. The van der Waals surface area contributed by atoms with Gasteiger partial charge >= 0.3 is 12.0 Å². The number of ether oxygens (including phenoxy) is 2. The van der Waals surface area contributed by atoms with E-state index in [4.69, 9.17) is 9.47 Å². The average Bonchev–Trinajstić information content (AvgIpc) is 2.48. The Morgan fingerprint density at radius 2 is 1.86 bits per heavy atom. The Kier molecular flexibility index (Phi) is 5.74. The van der Waals surface area contributed by atoms with Gasteiger partial charge in [0.15, 0.2) is 0 Å². The molecule has 2 rings (SSSR count). The van der Waals surface area contributed by atoms with E-state index < -0.39 is 0 Å². The first-order chi connectivity index (χ1) is 10.2. The number of nitrogens with one attached hydrogen (secondary N) is 1. The standard InChI is InChI=1S/C14H17BrN4O2/c1-3-9-20-13-17-12(16-4-2)18-14(19-13)21-11-8-6-5-7-10(11)15/h5-8H,3-4,9H2,1-2H3,(H,16,17,18,19). The van der Waals surface area contributed by atoms with E-state index in [-0.39, 0.29) is 12.0 Å². The quantitative estimate of drug-likeness (QED) is 0.820. The zero-order valence-corrected chi connectivity index (χ0v) is 13.6. The lowest BCUT2D eigenvalue weighted by atomic mass is 10.3. The number of nitrogens with zero attached hydrogens (tertiary/aromatic N) is 3. The van der Waals surface area contributed by atoms with Crippen LogP contribution >= 0.6 is 15.9 Å². The summed E-state index contributed by atoms with van der Waals surface area (Å²) in [5.41, 5.74) is 0. The van der Waals surface area contributed by atoms with Crippen molar-refractivity contribution in [2.24, 2.45) is 0 Å². The molecule has 0 radical (unpaired) electrons. The summed E-state index contributed by atoms with van der Waals surface area (Å²) in [5, 5.41) is 3.03. The Morgan fingerprint density at radius 3 is 2.57 bits per heavy atom. The van der Waals surface area contributed by atoms with Gasteiger partial charge in [0.05, 0.1) is 11.1 Å². The molecule has 0 saturated carbocycles. The fourth-order valence-corrected chi connectivity index (χ4v) is 1.87. The van der Waals surface area contributed by atoms with Gasteiger partial charge in [0, 0.05) is 6.54 Å². The molecular weight excluding hydrogens is 336 g/mol. The van der Waals surface area contributed by atoms with Crippen molar-refractivity contribution < 1.29 is 9.47 Å². The Hall–Kier alpha value is -1.89. The maximum atomic E-state index is 5.69. The topological polar surface area (TPSA) is 69.2 Å². The van der Waals surface area contributed by atoms with Crippen LogP contribution in [0.2, 0.25) is 0 Å². The lowest BCUT2D eigenvalue weighted by molar-refractivity contribution is 0.285. The minimum Gasteiger partial charge on any atom is -0.463 e. The van der Waals surface area contributed by atoms with Gasteiger partial charge in [-0.15, -0.1) is 4.98 Å². The average molecular weight is 353 g/mol. The van der Waals surface area contributed by atoms with Crippen LogP contribution in [0.3, 0.4) is 0 Å². The van der Waals surface area contributed by atoms with Crippen molar-refractivity contribution in [3.63, 3.8) is 0 Å². The highest BCUT2D eigenvalue weighted by Crippen LogP contribution is 2.28. The number of aromatic nitrogens is 3. The summed E-state index contributed by atoms with van der Waals surface area (Å²) in [6, 6.07) is 7.94. The molecule has 0 aliphatic rings. The van der Waals surface area contributed by atoms with Crippen molar-refractivity contribution in [2.75, 3.05) is 18.5 Å². The van der Waals surface area contributed by atoms with Crippen LogP contribution in [-0.4, -0.2) is 28.1 Å². The van der Waals surface area contributed by atoms with Gasteiger partial charge in [-0.25, -0.2) is 0 Å². The zero-order valence-electron chi connectivity index (χ0n) is 12.0. The fourth-order valence-electron chi connectivity index (χ4n) is 1.50. The Balaban J connectivity index is 2.24. The molecule has 1 N–H and O–H groups in total. The summed E-state index contributed by atoms with van der Waals surface area (Å²) in [5.74, 6) is 1.06. The summed E-state index contributed by atoms with van der Waals surface area (Å²) in [6.45, 7) is 5.23. The second-order valence-corrected chi connectivity index (χ2v) is 4.99. The highest BCUT2D eigenvalue weighted by Gasteiger charge is 2.10. The molecule has 0 atom stereocenters.